The van der Waals surface area contributed by atoms with Crippen LogP contribution in [0.25, 0.3) is 32.9 Å². The Hall–Kier alpha value is -4.92. The third-order valence-corrected chi connectivity index (χ3v) is 10.2. The number of nitrogens with zero attached hydrogens (tertiary/aromatic N) is 6. The average Bonchev–Trinajstić information content (AvgIpc) is 3.73. The number of anilines is 3. The summed E-state index contributed by atoms with van der Waals surface area (Å²) in [5.74, 6) is -0.325. The van der Waals surface area contributed by atoms with E-state index in [0.29, 0.717) is 55.4 Å². The summed E-state index contributed by atoms with van der Waals surface area (Å²) in [6.07, 6.45) is 9.37. The van der Waals surface area contributed by atoms with Crippen molar-refractivity contribution in [3.05, 3.63) is 90.5 Å². The van der Waals surface area contributed by atoms with Gasteiger partial charge in [0.15, 0.2) is 9.99 Å². The van der Waals surface area contributed by atoms with Gasteiger partial charge in [0.05, 0.1) is 22.0 Å². The largest absolute Gasteiger partial charge is 0.358 e. The Balaban J connectivity index is 1.18. The van der Waals surface area contributed by atoms with E-state index >= 15 is 0 Å². The smallest absolute Gasteiger partial charge is 0.275 e. The maximum absolute atomic E-state index is 13.6. The van der Waals surface area contributed by atoms with Gasteiger partial charge in [-0.2, -0.15) is 0 Å². The molecule has 0 aliphatic carbocycles. The summed E-state index contributed by atoms with van der Waals surface area (Å²) in [5.41, 5.74) is 5.54. The van der Waals surface area contributed by atoms with Crippen molar-refractivity contribution in [3.8, 4) is 21.7 Å². The standard InChI is InChI=1S/C33H29FN8O3S2/c1-19-8-13-22(39-32(43)28-29(46-33(41-28)47(2)44)20-9-11-21(34)12-10-20)16-24(19)40-30-23(6-5-14-35-30)26-27-31(37-17-36-26)42(18-38-27)25-7-3-4-15-45-25/h5-6,8-14,16-18,25H,3-4,7,15H2,1-2H3,(H,35,40)(H,39,43). The number of fused-ring (bicyclic) bond motifs is 1. The number of aryl methyl sites for hydroxylation is 1. The number of nitrogens with one attached hydrogen (secondary N) is 2. The van der Waals surface area contributed by atoms with Gasteiger partial charge < -0.3 is 15.4 Å². The van der Waals surface area contributed by atoms with Gasteiger partial charge in [-0.15, -0.1) is 11.3 Å². The molecular weight excluding hydrogens is 640 g/mol. The SMILES string of the molecule is Cc1ccc(NC(=O)c2nc(S(C)=O)sc2-c2ccc(F)cc2)cc1Nc1ncccc1-c1ncnc2c1ncn2C1CCCCO1. The number of aromatic nitrogens is 6. The third-order valence-electron chi connectivity index (χ3n) is 7.81. The van der Waals surface area contributed by atoms with E-state index in [-0.39, 0.29) is 11.9 Å². The molecule has 1 amide bonds. The van der Waals surface area contributed by atoms with Crippen molar-refractivity contribution in [2.24, 2.45) is 0 Å². The molecule has 5 heterocycles. The van der Waals surface area contributed by atoms with E-state index in [2.05, 4.69) is 35.6 Å². The molecule has 1 aliphatic heterocycles. The predicted molar refractivity (Wildman–Crippen MR) is 180 cm³/mol. The van der Waals surface area contributed by atoms with E-state index in [1.54, 1.807) is 36.8 Å². The summed E-state index contributed by atoms with van der Waals surface area (Å²) >= 11 is 1.14. The summed E-state index contributed by atoms with van der Waals surface area (Å²) in [4.78, 5) is 36.8. The number of imidazole rings is 1. The highest BCUT2D eigenvalue weighted by Gasteiger charge is 2.23. The number of carbonyl (C=O) groups excluding carboxylic acids is 1. The number of benzene rings is 2. The zero-order chi connectivity index (χ0) is 32.5. The fourth-order valence-electron chi connectivity index (χ4n) is 5.43. The number of carbonyl (C=O) groups is 1. The van der Waals surface area contributed by atoms with Gasteiger partial charge in [0.2, 0.25) is 0 Å². The second-order valence-corrected chi connectivity index (χ2v) is 13.5. The molecule has 1 aliphatic rings. The first-order chi connectivity index (χ1) is 22.9. The average molecular weight is 669 g/mol. The monoisotopic (exact) mass is 668 g/mol. The molecule has 2 unspecified atom stereocenters. The number of thiazole rings is 1. The van der Waals surface area contributed by atoms with Gasteiger partial charge in [0.1, 0.15) is 41.1 Å². The van der Waals surface area contributed by atoms with Gasteiger partial charge in [0, 0.05) is 36.0 Å². The summed E-state index contributed by atoms with van der Waals surface area (Å²) in [5, 5.41) is 6.33. The van der Waals surface area contributed by atoms with E-state index in [1.165, 1.54) is 24.7 Å². The summed E-state index contributed by atoms with van der Waals surface area (Å²) in [6.45, 7) is 2.65. The van der Waals surface area contributed by atoms with Crippen LogP contribution >= 0.6 is 11.3 Å². The van der Waals surface area contributed by atoms with Crippen LogP contribution in [0.4, 0.5) is 21.6 Å². The van der Waals surface area contributed by atoms with Crippen LogP contribution in [0.15, 0.2) is 77.8 Å². The zero-order valence-electron chi connectivity index (χ0n) is 25.4. The predicted octanol–water partition coefficient (Wildman–Crippen LogP) is 6.89. The van der Waals surface area contributed by atoms with Gasteiger partial charge in [-0.25, -0.2) is 29.3 Å². The minimum atomic E-state index is -1.40. The number of hydrogen-bond acceptors (Lipinski definition) is 10. The van der Waals surface area contributed by atoms with Gasteiger partial charge in [-0.3, -0.25) is 13.6 Å². The molecule has 238 valence electrons. The third kappa shape index (κ3) is 6.26. The first-order valence-electron chi connectivity index (χ1n) is 14.9. The number of halogens is 1. The molecule has 0 radical (unpaired) electrons. The van der Waals surface area contributed by atoms with Crippen LogP contribution in [0.2, 0.25) is 0 Å². The fraction of sp³-hybridized carbons (Fsp3) is 0.212. The lowest BCUT2D eigenvalue weighted by Gasteiger charge is -2.23. The molecule has 0 bridgehead atoms. The van der Waals surface area contributed by atoms with Crippen molar-refractivity contribution < 1.29 is 18.1 Å². The minimum absolute atomic E-state index is 0.111. The van der Waals surface area contributed by atoms with Crippen molar-refractivity contribution in [1.82, 2.24) is 29.5 Å². The van der Waals surface area contributed by atoms with Crippen LogP contribution in [-0.2, 0) is 15.5 Å². The summed E-state index contributed by atoms with van der Waals surface area (Å²) in [6, 6.07) is 15.0. The van der Waals surface area contributed by atoms with Crippen LogP contribution in [0.5, 0.6) is 0 Å². The molecule has 47 heavy (non-hydrogen) atoms. The van der Waals surface area contributed by atoms with Crippen molar-refractivity contribution in [1.29, 1.82) is 0 Å². The Morgan fingerprint density at radius 1 is 1.09 bits per heavy atom. The molecular formula is C33H29FN8O3S2. The molecule has 1 fully saturated rings. The number of pyridine rings is 1. The quantitative estimate of drug-likeness (QED) is 0.178. The molecule has 6 aromatic rings. The lowest BCUT2D eigenvalue weighted by Crippen LogP contribution is -2.17. The van der Waals surface area contributed by atoms with E-state index in [9.17, 15) is 13.4 Å². The first-order valence-corrected chi connectivity index (χ1v) is 17.3. The second kappa shape index (κ2) is 13.1. The summed E-state index contributed by atoms with van der Waals surface area (Å²) in [7, 11) is -1.40. The van der Waals surface area contributed by atoms with Crippen molar-refractivity contribution in [2.45, 2.75) is 36.8 Å². The molecule has 7 rings (SSSR count). The lowest BCUT2D eigenvalue weighted by atomic mass is 10.1. The Labute approximate surface area is 275 Å². The van der Waals surface area contributed by atoms with Crippen molar-refractivity contribution in [2.75, 3.05) is 23.5 Å². The normalized spacial score (nSPS) is 15.4. The van der Waals surface area contributed by atoms with E-state index in [4.69, 9.17) is 4.74 Å². The second-order valence-electron chi connectivity index (χ2n) is 11.0. The van der Waals surface area contributed by atoms with Gasteiger partial charge in [0.25, 0.3) is 5.91 Å². The number of hydrogen-bond donors (Lipinski definition) is 2. The highest BCUT2D eigenvalue weighted by atomic mass is 32.2. The topological polar surface area (TPSA) is 137 Å². The Bertz CT molecular complexity index is 2130. The molecule has 2 aromatic carbocycles. The Kier molecular flexibility index (Phi) is 8.54. The molecule has 4 aromatic heterocycles. The van der Waals surface area contributed by atoms with Crippen LogP contribution in [0.3, 0.4) is 0 Å². The molecule has 0 saturated carbocycles. The van der Waals surface area contributed by atoms with Gasteiger partial charge in [-0.1, -0.05) is 18.2 Å². The minimum Gasteiger partial charge on any atom is -0.358 e. The van der Waals surface area contributed by atoms with E-state index in [0.717, 1.165) is 41.7 Å². The van der Waals surface area contributed by atoms with Crippen LogP contribution < -0.4 is 10.6 Å². The van der Waals surface area contributed by atoms with E-state index < -0.39 is 22.5 Å². The van der Waals surface area contributed by atoms with Crippen molar-refractivity contribution in [3.63, 3.8) is 0 Å². The van der Waals surface area contributed by atoms with Crippen LogP contribution in [0, 0.1) is 12.7 Å². The Morgan fingerprint density at radius 2 is 1.94 bits per heavy atom. The fourth-order valence-corrected chi connectivity index (χ4v) is 7.17. The number of ether oxygens (including phenoxy) is 1. The maximum Gasteiger partial charge on any atom is 0.275 e. The Morgan fingerprint density at radius 3 is 2.72 bits per heavy atom. The van der Waals surface area contributed by atoms with Crippen molar-refractivity contribution >= 4 is 56.4 Å². The van der Waals surface area contributed by atoms with Crippen LogP contribution in [0.1, 0.15) is 41.5 Å². The maximum atomic E-state index is 13.6. The molecule has 1 saturated heterocycles. The lowest BCUT2D eigenvalue weighted by molar-refractivity contribution is -0.0298. The van der Waals surface area contributed by atoms with E-state index in [1.807, 2.05) is 29.7 Å². The molecule has 2 atom stereocenters. The van der Waals surface area contributed by atoms with Crippen LogP contribution in [-0.4, -0.2) is 52.5 Å². The number of rotatable bonds is 8. The van der Waals surface area contributed by atoms with Gasteiger partial charge in [-0.05, 0) is 73.7 Å². The molecule has 2 N–H and O–H groups in total. The summed E-state index contributed by atoms with van der Waals surface area (Å²) < 4.78 is 34.1. The molecule has 11 nitrogen and oxygen atoms in total. The zero-order valence-corrected chi connectivity index (χ0v) is 27.1. The number of amides is 1. The molecule has 0 spiro atoms. The van der Waals surface area contributed by atoms with Gasteiger partial charge >= 0.3 is 0 Å². The highest BCUT2D eigenvalue weighted by molar-refractivity contribution is 7.86. The first kappa shape index (κ1) is 30.7. The molecule has 14 heteroatoms. The highest BCUT2D eigenvalue weighted by Crippen LogP contribution is 2.35.